The van der Waals surface area contributed by atoms with E-state index in [2.05, 4.69) is 5.32 Å². The Morgan fingerprint density at radius 2 is 2.19 bits per heavy atom. The van der Waals surface area contributed by atoms with Gasteiger partial charge in [-0.15, -0.1) is 0 Å². The van der Waals surface area contributed by atoms with Gasteiger partial charge in [-0.3, -0.25) is 4.79 Å². The van der Waals surface area contributed by atoms with Crippen LogP contribution in [-0.4, -0.2) is 27.1 Å². The number of fused-ring (bicyclic) bond motifs is 1. The van der Waals surface area contributed by atoms with E-state index < -0.39 is 15.9 Å². The van der Waals surface area contributed by atoms with Crippen LogP contribution in [-0.2, 0) is 16.4 Å². The van der Waals surface area contributed by atoms with E-state index in [0.29, 0.717) is 5.56 Å². The number of carbonyl (C=O) groups is 1. The highest BCUT2D eigenvalue weighted by atomic mass is 32.2. The van der Waals surface area contributed by atoms with Crippen molar-refractivity contribution in [1.82, 2.24) is 4.72 Å². The highest BCUT2D eigenvalue weighted by molar-refractivity contribution is 7.89. The molecule has 1 heterocycles. The van der Waals surface area contributed by atoms with Crippen molar-refractivity contribution in [3.05, 3.63) is 29.3 Å². The van der Waals surface area contributed by atoms with Crippen LogP contribution in [0.25, 0.3) is 0 Å². The molecule has 0 saturated carbocycles. The summed E-state index contributed by atoms with van der Waals surface area (Å²) in [5.74, 6) is -0.598. The third kappa shape index (κ3) is 2.33. The largest absolute Gasteiger partial charge is 0.384 e. The Balaban J connectivity index is 2.25. The summed E-state index contributed by atoms with van der Waals surface area (Å²) in [6, 6.07) is 5.14. The average Bonchev–Trinajstić information content (AvgIpc) is 2.61. The summed E-state index contributed by atoms with van der Waals surface area (Å²) in [4.78, 5) is 11.5. The molecule has 2 N–H and O–H groups in total. The van der Waals surface area contributed by atoms with E-state index in [-0.39, 0.29) is 0 Å². The van der Waals surface area contributed by atoms with Gasteiger partial charge in [-0.25, -0.2) is 13.1 Å². The van der Waals surface area contributed by atoms with Crippen molar-refractivity contribution in [2.24, 2.45) is 0 Å². The van der Waals surface area contributed by atoms with Gasteiger partial charge < -0.3 is 5.32 Å². The van der Waals surface area contributed by atoms with Crippen LogP contribution in [0.5, 0.6) is 0 Å². The first-order chi connectivity index (χ1) is 7.46. The molecular weight excluding hydrogens is 228 g/mol. The fraction of sp³-hybridized carbons (Fsp3) is 0.300. The van der Waals surface area contributed by atoms with Crippen molar-refractivity contribution in [2.45, 2.75) is 6.42 Å². The maximum absolute atomic E-state index is 11.5. The van der Waals surface area contributed by atoms with Gasteiger partial charge in [-0.05, 0) is 24.1 Å². The minimum Gasteiger partial charge on any atom is -0.384 e. The molecule has 1 aliphatic rings. The first-order valence-electron chi connectivity index (χ1n) is 4.84. The van der Waals surface area contributed by atoms with Crippen LogP contribution in [0, 0.1) is 0 Å². The van der Waals surface area contributed by atoms with E-state index >= 15 is 0 Å². The van der Waals surface area contributed by atoms with Crippen LogP contribution in [0.4, 0.5) is 5.69 Å². The van der Waals surface area contributed by atoms with Crippen molar-refractivity contribution < 1.29 is 13.2 Å². The SMILES string of the molecule is CS(=O)(=O)NC(=O)c1ccc2c(c1)NCC2. The molecule has 1 aromatic rings. The van der Waals surface area contributed by atoms with E-state index in [4.69, 9.17) is 0 Å². The molecule has 0 saturated heterocycles. The van der Waals surface area contributed by atoms with E-state index in [1.165, 1.54) is 0 Å². The Labute approximate surface area is 93.9 Å². The third-order valence-electron chi connectivity index (χ3n) is 2.36. The number of sulfonamides is 1. The van der Waals surface area contributed by atoms with Crippen molar-refractivity contribution >= 4 is 21.6 Å². The van der Waals surface area contributed by atoms with Crippen molar-refractivity contribution in [3.63, 3.8) is 0 Å². The molecule has 1 amide bonds. The lowest BCUT2D eigenvalue weighted by atomic mass is 10.1. The molecule has 1 aliphatic heterocycles. The van der Waals surface area contributed by atoms with Gasteiger partial charge in [0.2, 0.25) is 10.0 Å². The van der Waals surface area contributed by atoms with Gasteiger partial charge in [-0.1, -0.05) is 6.07 Å². The van der Waals surface area contributed by atoms with Crippen LogP contribution in [0.2, 0.25) is 0 Å². The summed E-state index contributed by atoms with van der Waals surface area (Å²) in [6.45, 7) is 0.854. The van der Waals surface area contributed by atoms with Crippen molar-refractivity contribution in [1.29, 1.82) is 0 Å². The van der Waals surface area contributed by atoms with Crippen LogP contribution in [0.3, 0.4) is 0 Å². The summed E-state index contributed by atoms with van der Waals surface area (Å²) in [5, 5.41) is 3.13. The number of amides is 1. The monoisotopic (exact) mass is 240 g/mol. The molecule has 0 aromatic heterocycles. The average molecular weight is 240 g/mol. The van der Waals surface area contributed by atoms with Gasteiger partial charge in [0.15, 0.2) is 0 Å². The third-order valence-corrected chi connectivity index (χ3v) is 2.92. The normalized spacial score (nSPS) is 14.1. The summed E-state index contributed by atoms with van der Waals surface area (Å²) < 4.78 is 23.7. The zero-order valence-electron chi connectivity index (χ0n) is 8.78. The quantitative estimate of drug-likeness (QED) is 0.782. The molecule has 0 spiro atoms. The smallest absolute Gasteiger partial charge is 0.264 e. The molecule has 16 heavy (non-hydrogen) atoms. The Hall–Kier alpha value is -1.56. The van der Waals surface area contributed by atoms with Gasteiger partial charge in [0, 0.05) is 17.8 Å². The van der Waals surface area contributed by atoms with Gasteiger partial charge >= 0.3 is 0 Å². The predicted molar refractivity (Wildman–Crippen MR) is 60.9 cm³/mol. The van der Waals surface area contributed by atoms with Crippen molar-refractivity contribution in [3.8, 4) is 0 Å². The molecule has 6 heteroatoms. The Bertz CT molecular complexity index is 537. The number of carbonyl (C=O) groups excluding carboxylic acids is 1. The maximum atomic E-state index is 11.5. The second-order valence-corrected chi connectivity index (χ2v) is 5.50. The second kappa shape index (κ2) is 3.79. The minimum atomic E-state index is -3.51. The lowest BCUT2D eigenvalue weighted by Crippen LogP contribution is -2.29. The summed E-state index contributed by atoms with van der Waals surface area (Å²) >= 11 is 0. The highest BCUT2D eigenvalue weighted by Gasteiger charge is 2.15. The molecule has 86 valence electrons. The number of hydrogen-bond acceptors (Lipinski definition) is 4. The summed E-state index contributed by atoms with van der Waals surface area (Å²) in [6.07, 6.45) is 1.89. The second-order valence-electron chi connectivity index (χ2n) is 3.75. The van der Waals surface area contributed by atoms with Gasteiger partial charge in [-0.2, -0.15) is 0 Å². The molecule has 5 nitrogen and oxygen atoms in total. The van der Waals surface area contributed by atoms with E-state index in [9.17, 15) is 13.2 Å². The minimum absolute atomic E-state index is 0.346. The molecule has 0 bridgehead atoms. The fourth-order valence-electron chi connectivity index (χ4n) is 1.66. The molecule has 0 atom stereocenters. The number of nitrogens with one attached hydrogen (secondary N) is 2. The van der Waals surface area contributed by atoms with Crippen LogP contribution < -0.4 is 10.0 Å². The lowest BCUT2D eigenvalue weighted by Gasteiger charge is -2.05. The Morgan fingerprint density at radius 3 is 2.88 bits per heavy atom. The highest BCUT2D eigenvalue weighted by Crippen LogP contribution is 2.23. The zero-order valence-corrected chi connectivity index (χ0v) is 9.60. The predicted octanol–water partition coefficient (Wildman–Crippen LogP) is 0.344. The standard InChI is InChI=1S/C10H12N2O3S/c1-16(14,15)12-10(13)8-3-2-7-4-5-11-9(7)6-8/h2-3,6,11H,4-5H2,1H3,(H,12,13). The number of rotatable bonds is 2. The molecule has 0 fully saturated rings. The number of hydrogen-bond donors (Lipinski definition) is 2. The first-order valence-corrected chi connectivity index (χ1v) is 6.74. The molecule has 0 unspecified atom stereocenters. The lowest BCUT2D eigenvalue weighted by molar-refractivity contribution is 0.0981. The van der Waals surface area contributed by atoms with Crippen LogP contribution in [0.1, 0.15) is 15.9 Å². The molecule has 1 aromatic carbocycles. The van der Waals surface area contributed by atoms with Gasteiger partial charge in [0.25, 0.3) is 5.91 Å². The van der Waals surface area contributed by atoms with Crippen molar-refractivity contribution in [2.75, 3.05) is 18.1 Å². The zero-order chi connectivity index (χ0) is 11.8. The van der Waals surface area contributed by atoms with E-state index in [1.807, 2.05) is 10.8 Å². The number of anilines is 1. The molecular formula is C10H12N2O3S. The summed E-state index contributed by atoms with van der Waals surface area (Å²) in [5.41, 5.74) is 2.40. The maximum Gasteiger partial charge on any atom is 0.264 e. The number of benzene rings is 1. The van der Waals surface area contributed by atoms with Gasteiger partial charge in [0.1, 0.15) is 0 Å². The van der Waals surface area contributed by atoms with E-state index in [1.54, 1.807) is 12.1 Å². The molecule has 2 rings (SSSR count). The Kier molecular flexibility index (Phi) is 2.59. The Morgan fingerprint density at radius 1 is 1.44 bits per heavy atom. The topological polar surface area (TPSA) is 75.3 Å². The van der Waals surface area contributed by atoms with Gasteiger partial charge in [0.05, 0.1) is 6.26 Å². The van der Waals surface area contributed by atoms with Crippen LogP contribution >= 0.6 is 0 Å². The molecule has 0 aliphatic carbocycles. The van der Waals surface area contributed by atoms with Crippen LogP contribution in [0.15, 0.2) is 18.2 Å². The van der Waals surface area contributed by atoms with E-state index in [0.717, 1.165) is 30.5 Å². The first kappa shape index (κ1) is 10.9. The fourth-order valence-corrected chi connectivity index (χ4v) is 2.11. The summed E-state index contributed by atoms with van der Waals surface area (Å²) in [7, 11) is -3.51. The molecule has 0 radical (unpaired) electrons.